The Morgan fingerprint density at radius 1 is 1.33 bits per heavy atom. The quantitative estimate of drug-likeness (QED) is 0.781. The van der Waals surface area contributed by atoms with Crippen LogP contribution < -0.4 is 5.73 Å². The molecule has 0 aliphatic rings. The summed E-state index contributed by atoms with van der Waals surface area (Å²) in [6, 6.07) is 0.0352. The van der Waals surface area contributed by atoms with Gasteiger partial charge in [-0.05, 0) is 12.8 Å². The van der Waals surface area contributed by atoms with Crippen molar-refractivity contribution in [2.24, 2.45) is 12.8 Å². The van der Waals surface area contributed by atoms with E-state index in [9.17, 15) is 0 Å². The molecule has 15 heavy (non-hydrogen) atoms. The number of aromatic nitrogens is 3. The fourth-order valence-corrected chi connectivity index (χ4v) is 1.66. The van der Waals surface area contributed by atoms with Gasteiger partial charge < -0.3 is 5.73 Å². The van der Waals surface area contributed by atoms with Gasteiger partial charge in [0, 0.05) is 13.5 Å². The predicted octanol–water partition coefficient (Wildman–Crippen LogP) is 1.96. The van der Waals surface area contributed by atoms with E-state index in [1.165, 1.54) is 6.42 Å². The first-order valence-corrected chi connectivity index (χ1v) is 5.84. The molecule has 1 aromatic rings. The fraction of sp³-hybridized carbons (Fsp3) is 0.818. The molecule has 4 heteroatoms. The van der Waals surface area contributed by atoms with Gasteiger partial charge in [-0.3, -0.25) is 4.68 Å². The number of unbranched alkanes of at least 4 members (excludes halogenated alkanes) is 1. The molecule has 2 N–H and O–H groups in total. The molecule has 0 aliphatic carbocycles. The minimum absolute atomic E-state index is 0.0352. The van der Waals surface area contributed by atoms with E-state index >= 15 is 0 Å². The van der Waals surface area contributed by atoms with E-state index in [4.69, 9.17) is 5.73 Å². The Hall–Kier alpha value is -0.900. The highest BCUT2D eigenvalue weighted by Gasteiger charge is 2.13. The first-order valence-electron chi connectivity index (χ1n) is 5.84. The van der Waals surface area contributed by atoms with Crippen molar-refractivity contribution in [1.82, 2.24) is 14.8 Å². The summed E-state index contributed by atoms with van der Waals surface area (Å²) in [5.41, 5.74) is 6.07. The van der Waals surface area contributed by atoms with Crippen LogP contribution in [0.2, 0.25) is 0 Å². The van der Waals surface area contributed by atoms with Gasteiger partial charge in [0.15, 0.2) is 5.82 Å². The first kappa shape index (κ1) is 12.2. The normalized spacial score (nSPS) is 13.1. The van der Waals surface area contributed by atoms with E-state index in [0.717, 1.165) is 37.3 Å². The van der Waals surface area contributed by atoms with Crippen molar-refractivity contribution in [3.63, 3.8) is 0 Å². The number of nitrogens with zero attached hydrogens (tertiary/aromatic N) is 3. The van der Waals surface area contributed by atoms with Gasteiger partial charge in [0.1, 0.15) is 5.82 Å². The summed E-state index contributed by atoms with van der Waals surface area (Å²) in [7, 11) is 1.92. The van der Waals surface area contributed by atoms with Gasteiger partial charge in [-0.1, -0.05) is 26.7 Å². The topological polar surface area (TPSA) is 56.7 Å². The average molecular weight is 210 g/mol. The fourth-order valence-electron chi connectivity index (χ4n) is 1.66. The number of nitrogens with two attached hydrogens (primary N) is 1. The van der Waals surface area contributed by atoms with Crippen LogP contribution in [-0.2, 0) is 13.5 Å². The maximum absolute atomic E-state index is 6.07. The maximum Gasteiger partial charge on any atom is 0.151 e. The summed E-state index contributed by atoms with van der Waals surface area (Å²) in [6.45, 7) is 4.30. The summed E-state index contributed by atoms with van der Waals surface area (Å²) >= 11 is 0. The van der Waals surface area contributed by atoms with Crippen LogP contribution >= 0.6 is 0 Å². The SMILES string of the molecule is CCCCC(N)c1nc(CCC)nn1C. The zero-order valence-electron chi connectivity index (χ0n) is 10.0. The average Bonchev–Trinajstić information content (AvgIpc) is 2.57. The molecule has 1 atom stereocenters. The molecular formula is C11H22N4. The highest BCUT2D eigenvalue weighted by molar-refractivity contribution is 4.98. The van der Waals surface area contributed by atoms with Gasteiger partial charge in [0.25, 0.3) is 0 Å². The van der Waals surface area contributed by atoms with Crippen molar-refractivity contribution >= 4 is 0 Å². The highest BCUT2D eigenvalue weighted by atomic mass is 15.3. The molecule has 4 nitrogen and oxygen atoms in total. The molecule has 86 valence electrons. The van der Waals surface area contributed by atoms with Crippen LogP contribution in [0.1, 0.15) is 57.2 Å². The summed E-state index contributed by atoms with van der Waals surface area (Å²) < 4.78 is 1.82. The Morgan fingerprint density at radius 2 is 2.07 bits per heavy atom. The second-order valence-electron chi connectivity index (χ2n) is 4.01. The molecule has 0 radical (unpaired) electrons. The highest BCUT2D eigenvalue weighted by Crippen LogP contribution is 2.14. The van der Waals surface area contributed by atoms with E-state index < -0.39 is 0 Å². The van der Waals surface area contributed by atoms with Crippen molar-refractivity contribution in [2.45, 2.75) is 52.0 Å². The van der Waals surface area contributed by atoms with E-state index in [-0.39, 0.29) is 6.04 Å². The van der Waals surface area contributed by atoms with Gasteiger partial charge in [-0.15, -0.1) is 0 Å². The van der Waals surface area contributed by atoms with E-state index in [0.29, 0.717) is 0 Å². The van der Waals surface area contributed by atoms with Crippen molar-refractivity contribution in [1.29, 1.82) is 0 Å². The standard InChI is InChI=1S/C11H22N4/c1-4-6-8-9(12)11-13-10(7-5-2)14-15(11)3/h9H,4-8,12H2,1-3H3. The molecule has 0 aliphatic heterocycles. The van der Waals surface area contributed by atoms with Crippen molar-refractivity contribution in [2.75, 3.05) is 0 Å². The molecule has 1 aromatic heterocycles. The second kappa shape index (κ2) is 5.85. The van der Waals surface area contributed by atoms with Crippen molar-refractivity contribution < 1.29 is 0 Å². The molecule has 0 saturated carbocycles. The van der Waals surface area contributed by atoms with E-state index in [1.807, 2.05) is 11.7 Å². The van der Waals surface area contributed by atoms with Crippen LogP contribution in [0, 0.1) is 0 Å². The molecule has 0 fully saturated rings. The zero-order valence-corrected chi connectivity index (χ0v) is 10.0. The second-order valence-corrected chi connectivity index (χ2v) is 4.01. The summed E-state index contributed by atoms with van der Waals surface area (Å²) in [5, 5.41) is 4.36. The van der Waals surface area contributed by atoms with Crippen LogP contribution in [0.5, 0.6) is 0 Å². The molecule has 1 rings (SSSR count). The van der Waals surface area contributed by atoms with Gasteiger partial charge in [0.05, 0.1) is 6.04 Å². The Labute approximate surface area is 91.9 Å². The van der Waals surface area contributed by atoms with Gasteiger partial charge in [-0.25, -0.2) is 4.98 Å². The third-order valence-corrected chi connectivity index (χ3v) is 2.51. The van der Waals surface area contributed by atoms with E-state index in [2.05, 4.69) is 23.9 Å². The smallest absolute Gasteiger partial charge is 0.151 e. The molecular weight excluding hydrogens is 188 g/mol. The van der Waals surface area contributed by atoms with Crippen molar-refractivity contribution in [3.8, 4) is 0 Å². The van der Waals surface area contributed by atoms with Crippen LogP contribution in [-0.4, -0.2) is 14.8 Å². The van der Waals surface area contributed by atoms with Crippen LogP contribution in [0.4, 0.5) is 0 Å². The minimum atomic E-state index is 0.0352. The monoisotopic (exact) mass is 210 g/mol. The predicted molar refractivity (Wildman–Crippen MR) is 61.5 cm³/mol. The maximum atomic E-state index is 6.07. The number of rotatable bonds is 6. The number of aryl methyl sites for hydroxylation is 2. The lowest BCUT2D eigenvalue weighted by Gasteiger charge is -2.08. The Morgan fingerprint density at radius 3 is 2.67 bits per heavy atom. The third kappa shape index (κ3) is 3.30. The van der Waals surface area contributed by atoms with Gasteiger partial charge in [-0.2, -0.15) is 5.10 Å². The minimum Gasteiger partial charge on any atom is -0.321 e. The molecule has 1 heterocycles. The zero-order chi connectivity index (χ0) is 11.3. The van der Waals surface area contributed by atoms with Crippen LogP contribution in [0.25, 0.3) is 0 Å². The number of hydrogen-bond acceptors (Lipinski definition) is 3. The Kier molecular flexibility index (Phi) is 4.75. The van der Waals surface area contributed by atoms with E-state index in [1.54, 1.807) is 0 Å². The largest absolute Gasteiger partial charge is 0.321 e. The van der Waals surface area contributed by atoms with Gasteiger partial charge in [0.2, 0.25) is 0 Å². The molecule has 0 saturated heterocycles. The molecule has 0 spiro atoms. The number of hydrogen-bond donors (Lipinski definition) is 1. The molecule has 0 aromatic carbocycles. The van der Waals surface area contributed by atoms with Crippen molar-refractivity contribution in [3.05, 3.63) is 11.6 Å². The molecule has 0 amide bonds. The van der Waals surface area contributed by atoms with Crippen LogP contribution in [0.15, 0.2) is 0 Å². The van der Waals surface area contributed by atoms with Crippen LogP contribution in [0.3, 0.4) is 0 Å². The third-order valence-electron chi connectivity index (χ3n) is 2.51. The Bertz CT molecular complexity index is 293. The lowest BCUT2D eigenvalue weighted by Crippen LogP contribution is -2.15. The summed E-state index contributed by atoms with van der Waals surface area (Å²) in [4.78, 5) is 4.48. The molecule has 0 bridgehead atoms. The molecule has 1 unspecified atom stereocenters. The lowest BCUT2D eigenvalue weighted by molar-refractivity contribution is 0.543. The first-order chi connectivity index (χ1) is 7.19. The lowest BCUT2D eigenvalue weighted by atomic mass is 10.1. The van der Waals surface area contributed by atoms with Gasteiger partial charge >= 0.3 is 0 Å². The summed E-state index contributed by atoms with van der Waals surface area (Å²) in [6.07, 6.45) is 5.33. The Balaban J connectivity index is 2.66. The summed E-state index contributed by atoms with van der Waals surface area (Å²) in [5.74, 6) is 1.84.